The van der Waals surface area contributed by atoms with Crippen LogP contribution in [0.25, 0.3) is 0 Å². The van der Waals surface area contributed by atoms with Crippen LogP contribution in [0.5, 0.6) is 0 Å². The van der Waals surface area contributed by atoms with E-state index in [1.54, 1.807) is 0 Å². The van der Waals surface area contributed by atoms with Crippen molar-refractivity contribution >= 4 is 27.9 Å². The van der Waals surface area contributed by atoms with Crippen LogP contribution in [0.4, 0.5) is 0 Å². The molecule has 1 aliphatic rings. The molecule has 1 saturated carbocycles. The predicted molar refractivity (Wildman–Crippen MR) is 66.8 cm³/mol. The molecule has 5 atom stereocenters. The van der Waals surface area contributed by atoms with Gasteiger partial charge in [0.15, 0.2) is 6.10 Å². The molecule has 98 valence electrons. The Morgan fingerprint density at radius 2 is 1.53 bits per heavy atom. The second-order valence-electron chi connectivity index (χ2n) is 4.74. The molecule has 0 saturated heterocycles. The average Bonchev–Trinajstić information content (AvgIpc) is 2.19. The number of esters is 2. The number of halogens is 1. The van der Waals surface area contributed by atoms with Gasteiger partial charge in [-0.25, -0.2) is 0 Å². The van der Waals surface area contributed by atoms with Crippen LogP contribution in [0.1, 0.15) is 34.1 Å². The predicted octanol–water partition coefficient (Wildman–Crippen LogP) is 2.29. The highest BCUT2D eigenvalue weighted by Gasteiger charge is 2.44. The molecule has 1 rings (SSSR count). The lowest BCUT2D eigenvalue weighted by molar-refractivity contribution is -0.175. The molecule has 5 heteroatoms. The van der Waals surface area contributed by atoms with Crippen molar-refractivity contribution in [1.29, 1.82) is 0 Å². The normalized spacial score (nSPS) is 37.4. The van der Waals surface area contributed by atoms with Gasteiger partial charge in [0.2, 0.25) is 0 Å². The summed E-state index contributed by atoms with van der Waals surface area (Å²) in [7, 11) is 0. The minimum Gasteiger partial charge on any atom is -0.458 e. The summed E-state index contributed by atoms with van der Waals surface area (Å²) >= 11 is 3.51. The lowest BCUT2D eigenvalue weighted by Crippen LogP contribution is -2.50. The van der Waals surface area contributed by atoms with Gasteiger partial charge in [-0.3, -0.25) is 9.59 Å². The molecule has 4 nitrogen and oxygen atoms in total. The van der Waals surface area contributed by atoms with Crippen molar-refractivity contribution in [2.75, 3.05) is 0 Å². The summed E-state index contributed by atoms with van der Waals surface area (Å²) in [5.41, 5.74) is 0. The molecular formula is C12H19BrO4. The summed E-state index contributed by atoms with van der Waals surface area (Å²) in [6.07, 6.45) is 0.129. The van der Waals surface area contributed by atoms with E-state index in [9.17, 15) is 9.59 Å². The molecule has 0 aliphatic heterocycles. The molecule has 0 amide bonds. The molecule has 0 radical (unpaired) electrons. The van der Waals surface area contributed by atoms with Gasteiger partial charge in [0.1, 0.15) is 6.10 Å². The molecule has 0 bridgehead atoms. The first-order valence-electron chi connectivity index (χ1n) is 5.81. The molecular weight excluding hydrogens is 288 g/mol. The Labute approximate surface area is 110 Å². The third-order valence-corrected chi connectivity index (χ3v) is 4.19. The van der Waals surface area contributed by atoms with E-state index in [0.717, 1.165) is 6.42 Å². The topological polar surface area (TPSA) is 52.6 Å². The maximum atomic E-state index is 11.1. The monoisotopic (exact) mass is 306 g/mol. The van der Waals surface area contributed by atoms with E-state index >= 15 is 0 Å². The van der Waals surface area contributed by atoms with Crippen molar-refractivity contribution < 1.29 is 19.1 Å². The quantitative estimate of drug-likeness (QED) is 0.580. The van der Waals surface area contributed by atoms with Crippen molar-refractivity contribution in [1.82, 2.24) is 0 Å². The number of rotatable bonds is 2. The van der Waals surface area contributed by atoms with Gasteiger partial charge >= 0.3 is 11.9 Å². The van der Waals surface area contributed by atoms with Crippen LogP contribution in [0.3, 0.4) is 0 Å². The van der Waals surface area contributed by atoms with E-state index in [4.69, 9.17) is 9.47 Å². The Morgan fingerprint density at radius 1 is 1.06 bits per heavy atom. The first-order valence-corrected chi connectivity index (χ1v) is 6.73. The number of hydrogen-bond acceptors (Lipinski definition) is 4. The average molecular weight is 307 g/mol. The fraction of sp³-hybridized carbons (Fsp3) is 0.833. The van der Waals surface area contributed by atoms with Crippen LogP contribution in [0.15, 0.2) is 0 Å². The molecule has 0 heterocycles. The number of alkyl halides is 1. The van der Waals surface area contributed by atoms with Gasteiger partial charge in [0, 0.05) is 13.8 Å². The largest absolute Gasteiger partial charge is 0.458 e. The zero-order valence-electron chi connectivity index (χ0n) is 10.6. The van der Waals surface area contributed by atoms with Crippen LogP contribution in [0, 0.1) is 11.8 Å². The number of carbonyl (C=O) groups excluding carboxylic acids is 2. The van der Waals surface area contributed by atoms with E-state index in [1.807, 2.05) is 6.92 Å². The fourth-order valence-electron chi connectivity index (χ4n) is 2.23. The second-order valence-corrected chi connectivity index (χ2v) is 5.91. The maximum Gasteiger partial charge on any atom is 0.303 e. The Bertz CT molecular complexity index is 305. The highest BCUT2D eigenvalue weighted by molar-refractivity contribution is 9.09. The molecule has 0 aromatic rings. The zero-order valence-corrected chi connectivity index (χ0v) is 12.2. The summed E-state index contributed by atoms with van der Waals surface area (Å²) in [6.45, 7) is 6.88. The van der Waals surface area contributed by atoms with Crippen LogP contribution in [0.2, 0.25) is 0 Å². The third kappa shape index (κ3) is 3.69. The Kier molecular flexibility index (Phi) is 4.98. The lowest BCUT2D eigenvalue weighted by atomic mass is 9.77. The van der Waals surface area contributed by atoms with Crippen LogP contribution >= 0.6 is 15.9 Å². The summed E-state index contributed by atoms with van der Waals surface area (Å²) in [5.74, 6) is -0.0984. The van der Waals surface area contributed by atoms with Gasteiger partial charge in [-0.05, 0) is 18.3 Å². The number of carbonyl (C=O) groups is 2. The van der Waals surface area contributed by atoms with Gasteiger partial charge < -0.3 is 9.47 Å². The molecule has 0 spiro atoms. The Balaban J connectivity index is 2.86. The molecule has 0 aromatic carbocycles. The fourth-order valence-corrected chi connectivity index (χ4v) is 3.23. The minimum atomic E-state index is -0.400. The number of hydrogen-bond donors (Lipinski definition) is 0. The van der Waals surface area contributed by atoms with E-state index < -0.39 is 6.10 Å². The minimum absolute atomic E-state index is 0.0296. The van der Waals surface area contributed by atoms with Gasteiger partial charge in [-0.1, -0.05) is 29.8 Å². The summed E-state index contributed by atoms with van der Waals surface area (Å²) in [5, 5.41) is 0. The molecule has 1 aliphatic carbocycles. The SMILES string of the molecule is CC(=O)O[C@@H]1[C@@H](OC(C)=O)[C@@H](C)[C@@H](C)C[C@@H]1Br. The first-order chi connectivity index (χ1) is 7.82. The second kappa shape index (κ2) is 5.85. The summed E-state index contributed by atoms with van der Waals surface area (Å²) in [6, 6.07) is 0. The van der Waals surface area contributed by atoms with Crippen molar-refractivity contribution in [2.45, 2.75) is 51.2 Å². The van der Waals surface area contributed by atoms with E-state index in [-0.39, 0.29) is 28.8 Å². The van der Waals surface area contributed by atoms with Gasteiger partial charge in [0.05, 0.1) is 4.83 Å². The molecule has 17 heavy (non-hydrogen) atoms. The van der Waals surface area contributed by atoms with E-state index in [2.05, 4.69) is 22.9 Å². The Morgan fingerprint density at radius 3 is 2.00 bits per heavy atom. The highest BCUT2D eigenvalue weighted by Crippen LogP contribution is 2.37. The van der Waals surface area contributed by atoms with Crippen LogP contribution < -0.4 is 0 Å². The standard InChI is InChI=1S/C12H19BrO4/c1-6-5-10(13)12(17-9(4)15)11(7(6)2)16-8(3)14/h6-7,10-12H,5H2,1-4H3/t6-,7-,10-,11-,12-/m0/s1. The van der Waals surface area contributed by atoms with Crippen LogP contribution in [-0.4, -0.2) is 29.0 Å². The smallest absolute Gasteiger partial charge is 0.303 e. The highest BCUT2D eigenvalue weighted by atomic mass is 79.9. The lowest BCUT2D eigenvalue weighted by Gasteiger charge is -2.41. The van der Waals surface area contributed by atoms with Crippen molar-refractivity contribution in [2.24, 2.45) is 11.8 Å². The first kappa shape index (κ1) is 14.5. The van der Waals surface area contributed by atoms with Gasteiger partial charge in [-0.2, -0.15) is 0 Å². The third-order valence-electron chi connectivity index (χ3n) is 3.30. The van der Waals surface area contributed by atoms with Crippen molar-refractivity contribution in [3.8, 4) is 0 Å². The van der Waals surface area contributed by atoms with Gasteiger partial charge in [-0.15, -0.1) is 0 Å². The van der Waals surface area contributed by atoms with E-state index in [1.165, 1.54) is 13.8 Å². The van der Waals surface area contributed by atoms with Gasteiger partial charge in [0.25, 0.3) is 0 Å². The molecule has 1 fully saturated rings. The summed E-state index contributed by atoms with van der Waals surface area (Å²) in [4.78, 5) is 22.2. The van der Waals surface area contributed by atoms with Crippen LogP contribution in [-0.2, 0) is 19.1 Å². The molecule has 0 N–H and O–H groups in total. The summed E-state index contributed by atoms with van der Waals surface area (Å²) < 4.78 is 10.6. The Hall–Kier alpha value is -0.580. The van der Waals surface area contributed by atoms with Crippen molar-refractivity contribution in [3.05, 3.63) is 0 Å². The van der Waals surface area contributed by atoms with Crippen molar-refractivity contribution in [3.63, 3.8) is 0 Å². The van der Waals surface area contributed by atoms with E-state index in [0.29, 0.717) is 5.92 Å². The zero-order chi connectivity index (χ0) is 13.2. The molecule has 0 aromatic heterocycles. The maximum absolute atomic E-state index is 11.1. The molecule has 0 unspecified atom stereocenters. The number of ether oxygens (including phenoxy) is 2.